The van der Waals surface area contributed by atoms with Gasteiger partial charge < -0.3 is 0 Å². The van der Waals surface area contributed by atoms with Gasteiger partial charge in [-0.3, -0.25) is 5.32 Å². The van der Waals surface area contributed by atoms with Crippen LogP contribution in [0.1, 0.15) is 25.5 Å². The molecule has 1 rings (SSSR count). The molecule has 80 valence electrons. The van der Waals surface area contributed by atoms with Gasteiger partial charge in [0.2, 0.25) is 0 Å². The van der Waals surface area contributed by atoms with E-state index in [2.05, 4.69) is 11.2 Å². The molecule has 1 N–H and O–H groups in total. The van der Waals surface area contributed by atoms with Crippen LogP contribution in [0.3, 0.4) is 0 Å². The first-order chi connectivity index (χ1) is 7.04. The fourth-order valence-corrected chi connectivity index (χ4v) is 1.36. The number of nitrogens with one attached hydrogen (secondary N) is 1. The summed E-state index contributed by atoms with van der Waals surface area (Å²) in [5.41, 5.74) is 0.289. The second-order valence-electron chi connectivity index (χ2n) is 3.44. The Balaban J connectivity index is 2.86. The van der Waals surface area contributed by atoms with E-state index in [-0.39, 0.29) is 17.6 Å². The van der Waals surface area contributed by atoms with E-state index < -0.39 is 11.6 Å². The van der Waals surface area contributed by atoms with Crippen LogP contribution in [0.2, 0.25) is 0 Å². The second-order valence-corrected chi connectivity index (χ2v) is 3.44. The van der Waals surface area contributed by atoms with E-state index in [1.54, 1.807) is 13.8 Å². The summed E-state index contributed by atoms with van der Waals surface area (Å²) in [4.78, 5) is 0. The molecule has 3 heteroatoms. The van der Waals surface area contributed by atoms with Crippen molar-refractivity contribution in [1.29, 1.82) is 0 Å². The summed E-state index contributed by atoms with van der Waals surface area (Å²) in [5.74, 6) is 1.59. The molecule has 0 aliphatic carbocycles. The molecule has 0 amide bonds. The lowest BCUT2D eigenvalue weighted by Crippen LogP contribution is -2.28. The Labute approximate surface area is 88.5 Å². The highest BCUT2D eigenvalue weighted by molar-refractivity contribution is 5.22. The van der Waals surface area contributed by atoms with Gasteiger partial charge in [-0.15, -0.1) is 6.42 Å². The Morgan fingerprint density at radius 1 is 1.33 bits per heavy atom. The van der Waals surface area contributed by atoms with E-state index in [1.807, 2.05) is 0 Å². The first-order valence-corrected chi connectivity index (χ1v) is 4.71. The predicted molar refractivity (Wildman–Crippen MR) is 56.2 cm³/mol. The van der Waals surface area contributed by atoms with Gasteiger partial charge in [0.15, 0.2) is 0 Å². The highest BCUT2D eigenvalue weighted by Crippen LogP contribution is 2.18. The van der Waals surface area contributed by atoms with Crippen LogP contribution < -0.4 is 5.32 Å². The Hall–Kier alpha value is -1.40. The molecule has 1 aromatic rings. The molecule has 1 nitrogen and oxygen atoms in total. The van der Waals surface area contributed by atoms with E-state index in [9.17, 15) is 8.78 Å². The van der Waals surface area contributed by atoms with E-state index in [0.717, 1.165) is 12.1 Å². The number of terminal acetylenes is 1. The maximum Gasteiger partial charge on any atom is 0.128 e. The van der Waals surface area contributed by atoms with Gasteiger partial charge in [-0.25, -0.2) is 8.78 Å². The summed E-state index contributed by atoms with van der Waals surface area (Å²) in [6, 6.07) is 2.89. The van der Waals surface area contributed by atoms with Crippen molar-refractivity contribution in [1.82, 2.24) is 5.32 Å². The van der Waals surface area contributed by atoms with Crippen LogP contribution in [0.25, 0.3) is 0 Å². The van der Waals surface area contributed by atoms with Gasteiger partial charge in [0, 0.05) is 11.6 Å². The van der Waals surface area contributed by atoms with Crippen LogP contribution in [-0.4, -0.2) is 6.04 Å². The molecule has 2 unspecified atom stereocenters. The molecule has 0 fully saturated rings. The van der Waals surface area contributed by atoms with Crippen LogP contribution in [-0.2, 0) is 0 Å². The number of rotatable bonds is 3. The molecule has 1 aromatic carbocycles. The largest absolute Gasteiger partial charge is 0.297 e. The minimum atomic E-state index is -0.451. The lowest BCUT2D eigenvalue weighted by molar-refractivity contribution is 0.504. The van der Waals surface area contributed by atoms with Crippen molar-refractivity contribution >= 4 is 0 Å². The summed E-state index contributed by atoms with van der Waals surface area (Å²) < 4.78 is 26.2. The third-order valence-electron chi connectivity index (χ3n) is 2.17. The van der Waals surface area contributed by atoms with E-state index in [4.69, 9.17) is 6.42 Å². The lowest BCUT2D eigenvalue weighted by Gasteiger charge is -2.17. The second kappa shape index (κ2) is 4.90. The summed E-state index contributed by atoms with van der Waals surface area (Å²) in [6.45, 7) is 3.53. The molecular weight excluding hydrogens is 196 g/mol. The molecule has 2 atom stereocenters. The molecule has 0 aromatic heterocycles. The van der Waals surface area contributed by atoms with Crippen molar-refractivity contribution < 1.29 is 8.78 Å². The lowest BCUT2D eigenvalue weighted by atomic mass is 10.1. The fourth-order valence-electron chi connectivity index (χ4n) is 1.36. The Kier molecular flexibility index (Phi) is 3.81. The Morgan fingerprint density at radius 3 is 2.60 bits per heavy atom. The molecule has 0 bridgehead atoms. The fraction of sp³-hybridized carbons (Fsp3) is 0.333. The van der Waals surface area contributed by atoms with Gasteiger partial charge in [-0.05, 0) is 32.0 Å². The van der Waals surface area contributed by atoms with E-state index in [0.29, 0.717) is 0 Å². The number of benzene rings is 1. The molecule has 0 saturated carbocycles. The van der Waals surface area contributed by atoms with Crippen molar-refractivity contribution in [2.75, 3.05) is 0 Å². The minimum Gasteiger partial charge on any atom is -0.297 e. The predicted octanol–water partition coefficient (Wildman–Crippen LogP) is 2.64. The van der Waals surface area contributed by atoms with Crippen molar-refractivity contribution in [3.63, 3.8) is 0 Å². The zero-order chi connectivity index (χ0) is 11.4. The van der Waals surface area contributed by atoms with Crippen LogP contribution in [0, 0.1) is 24.0 Å². The average Bonchev–Trinajstić information content (AvgIpc) is 2.21. The highest BCUT2D eigenvalue weighted by Gasteiger charge is 2.12. The quantitative estimate of drug-likeness (QED) is 0.754. The van der Waals surface area contributed by atoms with Gasteiger partial charge in [-0.1, -0.05) is 5.92 Å². The van der Waals surface area contributed by atoms with Crippen LogP contribution in [0.4, 0.5) is 8.78 Å². The van der Waals surface area contributed by atoms with Gasteiger partial charge >= 0.3 is 0 Å². The third-order valence-corrected chi connectivity index (χ3v) is 2.17. The molecule has 0 aliphatic rings. The number of hydrogen-bond acceptors (Lipinski definition) is 1. The van der Waals surface area contributed by atoms with Crippen molar-refractivity contribution in [3.8, 4) is 12.3 Å². The van der Waals surface area contributed by atoms with Crippen molar-refractivity contribution in [3.05, 3.63) is 35.4 Å². The van der Waals surface area contributed by atoms with Crippen LogP contribution in [0.15, 0.2) is 18.2 Å². The SMILES string of the molecule is C#CC(C)NC(C)c1cc(F)ccc1F. The van der Waals surface area contributed by atoms with Gasteiger partial charge in [-0.2, -0.15) is 0 Å². The van der Waals surface area contributed by atoms with Crippen molar-refractivity contribution in [2.45, 2.75) is 25.9 Å². The van der Waals surface area contributed by atoms with Gasteiger partial charge in [0.1, 0.15) is 11.6 Å². The monoisotopic (exact) mass is 209 g/mol. The zero-order valence-electron chi connectivity index (χ0n) is 8.72. The first-order valence-electron chi connectivity index (χ1n) is 4.71. The van der Waals surface area contributed by atoms with Crippen molar-refractivity contribution in [2.24, 2.45) is 0 Å². The summed E-state index contributed by atoms with van der Waals surface area (Å²) in [7, 11) is 0. The van der Waals surface area contributed by atoms with Gasteiger partial charge in [0.05, 0.1) is 6.04 Å². The molecule has 0 heterocycles. The maximum absolute atomic E-state index is 13.3. The van der Waals surface area contributed by atoms with Gasteiger partial charge in [0.25, 0.3) is 0 Å². The zero-order valence-corrected chi connectivity index (χ0v) is 8.72. The molecule has 0 spiro atoms. The molecule has 0 aliphatic heterocycles. The maximum atomic E-state index is 13.3. The first kappa shape index (κ1) is 11.7. The molecule has 0 radical (unpaired) electrons. The third kappa shape index (κ3) is 3.03. The van der Waals surface area contributed by atoms with Crippen LogP contribution in [0.5, 0.6) is 0 Å². The normalized spacial score (nSPS) is 14.3. The van der Waals surface area contributed by atoms with Crippen LogP contribution >= 0.6 is 0 Å². The Morgan fingerprint density at radius 2 is 2.00 bits per heavy atom. The average molecular weight is 209 g/mol. The minimum absolute atomic E-state index is 0.178. The topological polar surface area (TPSA) is 12.0 Å². The summed E-state index contributed by atoms with van der Waals surface area (Å²) >= 11 is 0. The standard InChI is InChI=1S/C12H13F2N/c1-4-8(2)15-9(3)11-7-10(13)5-6-12(11)14/h1,5-9,15H,2-3H3. The highest BCUT2D eigenvalue weighted by atomic mass is 19.1. The number of halogens is 2. The molecule has 15 heavy (non-hydrogen) atoms. The molecular formula is C12H13F2N. The smallest absolute Gasteiger partial charge is 0.128 e. The number of hydrogen-bond donors (Lipinski definition) is 1. The summed E-state index contributed by atoms with van der Waals surface area (Å²) in [6.07, 6.45) is 5.19. The van der Waals surface area contributed by atoms with E-state index >= 15 is 0 Å². The molecule has 0 saturated heterocycles. The summed E-state index contributed by atoms with van der Waals surface area (Å²) in [5, 5.41) is 2.97. The van der Waals surface area contributed by atoms with E-state index in [1.165, 1.54) is 6.07 Å². The Bertz CT molecular complexity index is 382.